The molecule has 0 heterocycles. The van der Waals surface area contributed by atoms with Gasteiger partial charge < -0.3 is 10.4 Å². The van der Waals surface area contributed by atoms with E-state index in [9.17, 15) is 9.18 Å². The van der Waals surface area contributed by atoms with Gasteiger partial charge in [0.05, 0.1) is 0 Å². The van der Waals surface area contributed by atoms with Crippen LogP contribution in [0, 0.1) is 5.82 Å². The smallest absolute Gasteiger partial charge is 0.328 e. The molecule has 1 unspecified atom stereocenters. The van der Waals surface area contributed by atoms with E-state index in [0.29, 0.717) is 0 Å². The number of nitrogens with one attached hydrogen (secondary N) is 1. The maximum Gasteiger partial charge on any atom is 0.328 e. The van der Waals surface area contributed by atoms with Crippen LogP contribution in [-0.4, -0.2) is 18.1 Å². The predicted octanol–water partition coefficient (Wildman–Crippen LogP) is 1.34. The second-order valence-corrected chi connectivity index (χ2v) is 3.16. The lowest BCUT2D eigenvalue weighted by molar-refractivity contribution is -0.144. The molecule has 0 fully saturated rings. The number of aliphatic carboxylic acids is 1. The molecule has 0 radical (unpaired) electrons. The Labute approximate surface area is 81.6 Å². The van der Waals surface area contributed by atoms with Crippen LogP contribution in [0.25, 0.3) is 0 Å². The number of hydrogen-bond acceptors (Lipinski definition) is 2. The number of benzene rings is 1. The fourth-order valence-electron chi connectivity index (χ4n) is 1.22. The summed E-state index contributed by atoms with van der Waals surface area (Å²) in [5.41, 5.74) is -1.25. The fraction of sp³-hybridized carbons (Fsp3) is 0.300. The van der Waals surface area contributed by atoms with Gasteiger partial charge in [0.15, 0.2) is 0 Å². The van der Waals surface area contributed by atoms with E-state index in [-0.39, 0.29) is 5.56 Å². The van der Waals surface area contributed by atoms with Gasteiger partial charge in [0.25, 0.3) is 0 Å². The lowest BCUT2D eigenvalue weighted by atomic mass is 9.92. The van der Waals surface area contributed by atoms with Crippen molar-refractivity contribution in [3.63, 3.8) is 0 Å². The third-order valence-corrected chi connectivity index (χ3v) is 2.34. The van der Waals surface area contributed by atoms with Gasteiger partial charge in [-0.15, -0.1) is 0 Å². The Hall–Kier alpha value is -1.42. The zero-order valence-electron chi connectivity index (χ0n) is 8.04. The molecule has 1 aromatic carbocycles. The Morgan fingerprint density at radius 2 is 2.07 bits per heavy atom. The first-order valence-corrected chi connectivity index (χ1v) is 4.19. The highest BCUT2D eigenvalue weighted by atomic mass is 19.1. The van der Waals surface area contributed by atoms with Crippen molar-refractivity contribution >= 4 is 5.97 Å². The highest BCUT2D eigenvalue weighted by Gasteiger charge is 2.35. The lowest BCUT2D eigenvalue weighted by Gasteiger charge is -2.24. The van der Waals surface area contributed by atoms with E-state index in [1.807, 2.05) is 0 Å². The predicted molar refractivity (Wildman–Crippen MR) is 50.4 cm³/mol. The van der Waals surface area contributed by atoms with Gasteiger partial charge in [-0.3, -0.25) is 0 Å². The average Bonchev–Trinajstić information content (AvgIpc) is 2.17. The number of hydrogen-bond donors (Lipinski definition) is 2. The maximum absolute atomic E-state index is 13.3. The molecular weight excluding hydrogens is 185 g/mol. The second kappa shape index (κ2) is 3.75. The Balaban J connectivity index is 3.26. The summed E-state index contributed by atoms with van der Waals surface area (Å²) in [6.07, 6.45) is 0. The molecular formula is C10H12FNO2. The minimum atomic E-state index is -1.38. The third-order valence-electron chi connectivity index (χ3n) is 2.34. The van der Waals surface area contributed by atoms with Gasteiger partial charge in [-0.2, -0.15) is 0 Å². The van der Waals surface area contributed by atoms with Gasteiger partial charge in [0, 0.05) is 5.56 Å². The molecule has 1 aromatic rings. The number of rotatable bonds is 3. The molecule has 0 aliphatic carbocycles. The molecule has 14 heavy (non-hydrogen) atoms. The number of likely N-dealkylation sites (N-methyl/N-ethyl adjacent to an activating group) is 1. The molecule has 0 bridgehead atoms. The Bertz CT molecular complexity index is 354. The van der Waals surface area contributed by atoms with Crippen molar-refractivity contribution in [1.29, 1.82) is 0 Å². The molecule has 0 amide bonds. The van der Waals surface area contributed by atoms with E-state index < -0.39 is 17.3 Å². The van der Waals surface area contributed by atoms with Crippen LogP contribution >= 0.6 is 0 Å². The van der Waals surface area contributed by atoms with Crippen LogP contribution in [-0.2, 0) is 10.3 Å². The first-order valence-electron chi connectivity index (χ1n) is 4.19. The summed E-state index contributed by atoms with van der Waals surface area (Å²) in [5.74, 6) is -1.63. The first-order chi connectivity index (χ1) is 6.52. The van der Waals surface area contributed by atoms with E-state index in [2.05, 4.69) is 5.32 Å². The van der Waals surface area contributed by atoms with Crippen LogP contribution in [0.15, 0.2) is 24.3 Å². The van der Waals surface area contributed by atoms with Crippen molar-refractivity contribution in [3.8, 4) is 0 Å². The summed E-state index contributed by atoms with van der Waals surface area (Å²) >= 11 is 0. The topological polar surface area (TPSA) is 49.3 Å². The van der Waals surface area contributed by atoms with E-state index >= 15 is 0 Å². The third kappa shape index (κ3) is 1.61. The maximum atomic E-state index is 13.3. The van der Waals surface area contributed by atoms with Crippen molar-refractivity contribution in [2.45, 2.75) is 12.5 Å². The molecule has 3 nitrogen and oxygen atoms in total. The van der Waals surface area contributed by atoms with Crippen molar-refractivity contribution < 1.29 is 14.3 Å². The van der Waals surface area contributed by atoms with Crippen LogP contribution in [0.3, 0.4) is 0 Å². The summed E-state index contributed by atoms with van der Waals surface area (Å²) in [5, 5.41) is 11.6. The molecule has 0 aliphatic heterocycles. The van der Waals surface area contributed by atoms with Crippen molar-refractivity contribution in [2.24, 2.45) is 0 Å². The second-order valence-electron chi connectivity index (χ2n) is 3.16. The van der Waals surface area contributed by atoms with Crippen molar-refractivity contribution in [3.05, 3.63) is 35.6 Å². The van der Waals surface area contributed by atoms with Crippen LogP contribution in [0.2, 0.25) is 0 Å². The van der Waals surface area contributed by atoms with Gasteiger partial charge >= 0.3 is 5.97 Å². The summed E-state index contributed by atoms with van der Waals surface area (Å²) in [6, 6.07) is 5.83. The first kappa shape index (κ1) is 10.7. The molecule has 0 saturated carbocycles. The largest absolute Gasteiger partial charge is 0.480 e. The minimum Gasteiger partial charge on any atom is -0.480 e. The normalized spacial score (nSPS) is 14.8. The summed E-state index contributed by atoms with van der Waals surface area (Å²) in [6.45, 7) is 1.42. The van der Waals surface area contributed by atoms with Gasteiger partial charge in [0.2, 0.25) is 0 Å². The van der Waals surface area contributed by atoms with Gasteiger partial charge in [-0.25, -0.2) is 9.18 Å². The minimum absolute atomic E-state index is 0.134. The standard InChI is InChI=1S/C10H12FNO2/c1-10(12-2,9(13)14)7-5-3-4-6-8(7)11/h3-6,12H,1-2H3,(H,13,14). The molecule has 1 atom stereocenters. The average molecular weight is 197 g/mol. The highest BCUT2D eigenvalue weighted by Crippen LogP contribution is 2.23. The Kier molecular flexibility index (Phi) is 2.86. The van der Waals surface area contributed by atoms with E-state index in [0.717, 1.165) is 0 Å². The van der Waals surface area contributed by atoms with Gasteiger partial charge in [-0.1, -0.05) is 18.2 Å². The zero-order valence-corrected chi connectivity index (χ0v) is 8.04. The van der Waals surface area contributed by atoms with Gasteiger partial charge in [0.1, 0.15) is 11.4 Å². The van der Waals surface area contributed by atoms with Gasteiger partial charge in [-0.05, 0) is 20.0 Å². The number of carboxylic acid groups (broad SMARTS) is 1. The Morgan fingerprint density at radius 3 is 2.50 bits per heavy atom. The molecule has 0 spiro atoms. The van der Waals surface area contributed by atoms with Crippen LogP contribution < -0.4 is 5.32 Å². The van der Waals surface area contributed by atoms with Crippen molar-refractivity contribution in [1.82, 2.24) is 5.32 Å². The molecule has 2 N–H and O–H groups in total. The lowest BCUT2D eigenvalue weighted by Crippen LogP contribution is -2.45. The van der Waals surface area contributed by atoms with E-state index in [1.165, 1.54) is 32.2 Å². The van der Waals surface area contributed by atoms with Crippen molar-refractivity contribution in [2.75, 3.05) is 7.05 Å². The fourth-order valence-corrected chi connectivity index (χ4v) is 1.22. The number of carbonyl (C=O) groups is 1. The molecule has 0 aromatic heterocycles. The summed E-state index contributed by atoms with van der Waals surface area (Å²) in [4.78, 5) is 11.0. The molecule has 0 saturated heterocycles. The highest BCUT2D eigenvalue weighted by molar-refractivity contribution is 5.80. The van der Waals surface area contributed by atoms with Crippen LogP contribution in [0.4, 0.5) is 4.39 Å². The number of halogens is 1. The quantitative estimate of drug-likeness (QED) is 0.768. The SMILES string of the molecule is CNC(C)(C(=O)O)c1ccccc1F. The number of carboxylic acids is 1. The molecule has 76 valence electrons. The monoisotopic (exact) mass is 197 g/mol. The molecule has 0 aliphatic rings. The Morgan fingerprint density at radius 1 is 1.50 bits per heavy atom. The van der Waals surface area contributed by atoms with Crippen LogP contribution in [0.1, 0.15) is 12.5 Å². The summed E-state index contributed by atoms with van der Waals surface area (Å²) < 4.78 is 13.3. The van der Waals surface area contributed by atoms with E-state index in [4.69, 9.17) is 5.11 Å². The van der Waals surface area contributed by atoms with Crippen LogP contribution in [0.5, 0.6) is 0 Å². The molecule has 1 rings (SSSR count). The summed E-state index contributed by atoms with van der Waals surface area (Å²) in [7, 11) is 1.49. The van der Waals surface area contributed by atoms with E-state index in [1.54, 1.807) is 6.07 Å². The zero-order chi connectivity index (χ0) is 10.8. The molecule has 4 heteroatoms.